The van der Waals surface area contributed by atoms with Crippen molar-refractivity contribution in [3.05, 3.63) is 57.1 Å². The van der Waals surface area contributed by atoms with Crippen LogP contribution in [0, 0.1) is 24.0 Å². The first-order valence-corrected chi connectivity index (χ1v) is 8.46. The number of hydrogen-bond acceptors (Lipinski definition) is 6. The molecule has 142 valence electrons. The predicted octanol–water partition coefficient (Wildman–Crippen LogP) is 3.01. The summed E-state index contributed by atoms with van der Waals surface area (Å²) in [7, 11) is 1.80. The van der Waals surface area contributed by atoms with Crippen molar-refractivity contribution in [2.45, 2.75) is 20.4 Å². The van der Waals surface area contributed by atoms with Crippen LogP contribution in [0.5, 0.6) is 11.5 Å². The highest BCUT2D eigenvalue weighted by molar-refractivity contribution is 5.94. The van der Waals surface area contributed by atoms with E-state index in [1.54, 1.807) is 20.0 Å². The molecule has 0 saturated heterocycles. The summed E-state index contributed by atoms with van der Waals surface area (Å²) in [5.74, 6) is 1.09. The first-order valence-electron chi connectivity index (χ1n) is 8.46. The number of ether oxygens (including phenoxy) is 2. The molecule has 1 heterocycles. The van der Waals surface area contributed by atoms with E-state index in [4.69, 9.17) is 9.47 Å². The van der Waals surface area contributed by atoms with Crippen LogP contribution in [-0.4, -0.2) is 36.1 Å². The van der Waals surface area contributed by atoms with Gasteiger partial charge in [-0.1, -0.05) is 6.07 Å². The number of anilines is 1. The van der Waals surface area contributed by atoms with Gasteiger partial charge in [0.15, 0.2) is 11.5 Å². The van der Waals surface area contributed by atoms with Gasteiger partial charge in [-0.2, -0.15) is 0 Å². The lowest BCUT2D eigenvalue weighted by Gasteiger charge is -2.17. The van der Waals surface area contributed by atoms with Crippen LogP contribution in [0.25, 0.3) is 0 Å². The Morgan fingerprint density at radius 3 is 2.63 bits per heavy atom. The van der Waals surface area contributed by atoms with Crippen LogP contribution < -0.4 is 14.8 Å². The van der Waals surface area contributed by atoms with Gasteiger partial charge in [0.2, 0.25) is 12.7 Å². The van der Waals surface area contributed by atoms with Gasteiger partial charge >= 0.3 is 0 Å². The van der Waals surface area contributed by atoms with Crippen LogP contribution >= 0.6 is 0 Å². The van der Waals surface area contributed by atoms with Gasteiger partial charge in [0, 0.05) is 12.6 Å². The Bertz CT molecular complexity index is 897. The number of rotatable bonds is 6. The molecule has 0 bridgehead atoms. The standard InChI is InChI=1S/C19H21N3O5/c1-12-6-15(16(22(24)25)7-13(12)2)20-19(23)10-21(3)9-14-4-5-17-18(8-14)27-11-26-17/h4-8H,9-11H2,1-3H3,(H,20,23). The normalized spacial score (nSPS) is 12.3. The monoisotopic (exact) mass is 371 g/mol. The maximum absolute atomic E-state index is 12.4. The van der Waals surface area contributed by atoms with E-state index in [9.17, 15) is 14.9 Å². The number of nitrogens with zero attached hydrogens (tertiary/aromatic N) is 2. The maximum Gasteiger partial charge on any atom is 0.293 e. The van der Waals surface area contributed by atoms with Gasteiger partial charge in [-0.05, 0) is 55.8 Å². The summed E-state index contributed by atoms with van der Waals surface area (Å²) in [6, 6.07) is 8.73. The second-order valence-corrected chi connectivity index (χ2v) is 6.62. The summed E-state index contributed by atoms with van der Waals surface area (Å²) in [4.78, 5) is 24.9. The number of fused-ring (bicyclic) bond motifs is 1. The zero-order chi connectivity index (χ0) is 19.6. The molecule has 1 N–H and O–H groups in total. The quantitative estimate of drug-likeness (QED) is 0.620. The van der Waals surface area contributed by atoms with Gasteiger partial charge in [0.25, 0.3) is 5.69 Å². The number of benzene rings is 2. The SMILES string of the molecule is Cc1cc(NC(=O)CN(C)Cc2ccc3c(c2)OCO3)c([N+](=O)[O-])cc1C. The molecule has 1 aliphatic heterocycles. The molecule has 1 aliphatic rings. The third-order valence-corrected chi connectivity index (χ3v) is 4.39. The summed E-state index contributed by atoms with van der Waals surface area (Å²) in [6.45, 7) is 4.48. The van der Waals surface area contributed by atoms with Gasteiger partial charge in [-0.15, -0.1) is 0 Å². The van der Waals surface area contributed by atoms with E-state index < -0.39 is 4.92 Å². The number of aryl methyl sites for hydroxylation is 2. The zero-order valence-corrected chi connectivity index (χ0v) is 15.4. The number of likely N-dealkylation sites (N-methyl/N-ethyl adjacent to an activating group) is 1. The summed E-state index contributed by atoms with van der Waals surface area (Å²) in [5, 5.41) is 13.9. The van der Waals surface area contributed by atoms with Crippen molar-refractivity contribution in [3.63, 3.8) is 0 Å². The van der Waals surface area contributed by atoms with E-state index in [-0.39, 0.29) is 30.6 Å². The Kier molecular flexibility index (Phi) is 5.27. The lowest BCUT2D eigenvalue weighted by Crippen LogP contribution is -2.30. The average Bonchev–Trinajstić information content (AvgIpc) is 3.05. The molecule has 0 aromatic heterocycles. The second-order valence-electron chi connectivity index (χ2n) is 6.62. The summed E-state index contributed by atoms with van der Waals surface area (Å²) >= 11 is 0. The lowest BCUT2D eigenvalue weighted by atomic mass is 10.1. The fraction of sp³-hybridized carbons (Fsp3) is 0.316. The van der Waals surface area contributed by atoms with Crippen LogP contribution in [0.2, 0.25) is 0 Å². The van der Waals surface area contributed by atoms with Gasteiger partial charge in [-0.3, -0.25) is 19.8 Å². The van der Waals surface area contributed by atoms with E-state index >= 15 is 0 Å². The Morgan fingerprint density at radius 2 is 1.89 bits per heavy atom. The minimum Gasteiger partial charge on any atom is -0.454 e. The Balaban J connectivity index is 1.64. The smallest absolute Gasteiger partial charge is 0.293 e. The van der Waals surface area contributed by atoms with Crippen molar-refractivity contribution in [3.8, 4) is 11.5 Å². The third kappa shape index (κ3) is 4.35. The van der Waals surface area contributed by atoms with Crippen LogP contribution in [-0.2, 0) is 11.3 Å². The topological polar surface area (TPSA) is 93.9 Å². The van der Waals surface area contributed by atoms with E-state index in [2.05, 4.69) is 5.32 Å². The Hall–Kier alpha value is -3.13. The molecule has 0 aliphatic carbocycles. The molecule has 2 aromatic rings. The van der Waals surface area contributed by atoms with Crippen LogP contribution in [0.1, 0.15) is 16.7 Å². The first-order chi connectivity index (χ1) is 12.8. The minimum atomic E-state index is -0.488. The van der Waals surface area contributed by atoms with Crippen LogP contribution in [0.15, 0.2) is 30.3 Å². The lowest BCUT2D eigenvalue weighted by molar-refractivity contribution is -0.384. The largest absolute Gasteiger partial charge is 0.454 e. The molecule has 0 atom stereocenters. The minimum absolute atomic E-state index is 0.0958. The second kappa shape index (κ2) is 7.63. The number of carbonyl (C=O) groups excluding carboxylic acids is 1. The van der Waals surface area contributed by atoms with Crippen molar-refractivity contribution in [2.24, 2.45) is 0 Å². The van der Waals surface area contributed by atoms with E-state index in [0.29, 0.717) is 18.0 Å². The molecule has 0 unspecified atom stereocenters. The molecule has 0 fully saturated rings. The van der Waals surface area contributed by atoms with Crippen molar-refractivity contribution >= 4 is 17.3 Å². The van der Waals surface area contributed by atoms with Gasteiger partial charge in [-0.25, -0.2) is 0 Å². The molecule has 8 heteroatoms. The number of nitro groups is 1. The molecular formula is C19H21N3O5. The van der Waals surface area contributed by atoms with Gasteiger partial charge < -0.3 is 14.8 Å². The molecule has 2 aromatic carbocycles. The molecule has 0 spiro atoms. The third-order valence-electron chi connectivity index (χ3n) is 4.39. The van der Waals surface area contributed by atoms with Crippen molar-refractivity contribution in [2.75, 3.05) is 25.7 Å². The fourth-order valence-corrected chi connectivity index (χ4v) is 2.89. The van der Waals surface area contributed by atoms with Crippen LogP contribution in [0.4, 0.5) is 11.4 Å². The maximum atomic E-state index is 12.4. The van der Waals surface area contributed by atoms with E-state index in [1.165, 1.54) is 6.07 Å². The highest BCUT2D eigenvalue weighted by Crippen LogP contribution is 2.32. The number of amides is 1. The van der Waals surface area contributed by atoms with E-state index in [1.807, 2.05) is 30.0 Å². The molecule has 1 amide bonds. The number of carbonyl (C=O) groups is 1. The fourth-order valence-electron chi connectivity index (χ4n) is 2.89. The molecule has 8 nitrogen and oxygen atoms in total. The molecule has 3 rings (SSSR count). The summed E-state index contributed by atoms with van der Waals surface area (Å²) < 4.78 is 10.6. The predicted molar refractivity (Wildman–Crippen MR) is 100 cm³/mol. The summed E-state index contributed by atoms with van der Waals surface area (Å²) in [6.07, 6.45) is 0. The number of nitro benzene ring substituents is 1. The van der Waals surface area contributed by atoms with Crippen molar-refractivity contribution < 1.29 is 19.2 Å². The van der Waals surface area contributed by atoms with Crippen molar-refractivity contribution in [1.82, 2.24) is 4.90 Å². The van der Waals surface area contributed by atoms with E-state index in [0.717, 1.165) is 16.7 Å². The van der Waals surface area contributed by atoms with Gasteiger partial charge in [0.05, 0.1) is 11.5 Å². The molecule has 0 saturated carbocycles. The highest BCUT2D eigenvalue weighted by atomic mass is 16.7. The van der Waals surface area contributed by atoms with Crippen LogP contribution in [0.3, 0.4) is 0 Å². The van der Waals surface area contributed by atoms with Crippen molar-refractivity contribution in [1.29, 1.82) is 0 Å². The van der Waals surface area contributed by atoms with Gasteiger partial charge in [0.1, 0.15) is 5.69 Å². The Morgan fingerprint density at radius 1 is 1.19 bits per heavy atom. The number of nitrogens with one attached hydrogen (secondary N) is 1. The Labute approximate surface area is 156 Å². The molecule has 0 radical (unpaired) electrons. The first kappa shape index (κ1) is 18.7. The zero-order valence-electron chi connectivity index (χ0n) is 15.4. The highest BCUT2D eigenvalue weighted by Gasteiger charge is 2.19. The number of hydrogen-bond donors (Lipinski definition) is 1. The summed E-state index contributed by atoms with van der Waals surface area (Å²) in [5.41, 5.74) is 2.77. The average molecular weight is 371 g/mol. The molecule has 27 heavy (non-hydrogen) atoms. The molecular weight excluding hydrogens is 350 g/mol.